The van der Waals surface area contributed by atoms with Gasteiger partial charge in [0.15, 0.2) is 11.5 Å². The molecule has 0 radical (unpaired) electrons. The number of nitrogens with zero attached hydrogens (tertiary/aromatic N) is 3. The number of carbonyl (C=O) groups is 3. The number of likely N-dealkylation sites (tertiary alicyclic amines) is 2. The van der Waals surface area contributed by atoms with Crippen molar-refractivity contribution in [3.63, 3.8) is 0 Å². The number of rotatable bonds is 6. The van der Waals surface area contributed by atoms with Crippen molar-refractivity contribution < 1.29 is 33.3 Å². The first-order chi connectivity index (χ1) is 18.9. The molecule has 3 aliphatic rings. The van der Waals surface area contributed by atoms with E-state index in [0.717, 1.165) is 12.8 Å². The SMILES string of the molecule is COc1ccc(C(=O)N2[C@H](C(=O)N3CCCC3)COC23CCN(C(=O)c2ccc(OC)c(OC)c2)CC3)cc1. The maximum Gasteiger partial charge on any atom is 0.256 e. The molecule has 0 N–H and O–H groups in total. The summed E-state index contributed by atoms with van der Waals surface area (Å²) < 4.78 is 22.2. The van der Waals surface area contributed by atoms with Crippen LogP contribution in [0.2, 0.25) is 0 Å². The van der Waals surface area contributed by atoms with Gasteiger partial charge in [0.1, 0.15) is 17.5 Å². The first kappa shape index (κ1) is 26.8. The quantitative estimate of drug-likeness (QED) is 0.559. The zero-order chi connectivity index (χ0) is 27.6. The second-order valence-corrected chi connectivity index (χ2v) is 10.1. The second-order valence-electron chi connectivity index (χ2n) is 10.1. The van der Waals surface area contributed by atoms with E-state index in [4.69, 9.17) is 18.9 Å². The Kier molecular flexibility index (Phi) is 7.65. The van der Waals surface area contributed by atoms with Crippen molar-refractivity contribution in [3.05, 3.63) is 53.6 Å². The molecule has 0 unspecified atom stereocenters. The Balaban J connectivity index is 1.38. The summed E-state index contributed by atoms with van der Waals surface area (Å²) in [6, 6.07) is 11.3. The van der Waals surface area contributed by atoms with Crippen LogP contribution in [0.15, 0.2) is 42.5 Å². The van der Waals surface area contributed by atoms with Crippen molar-refractivity contribution in [2.45, 2.75) is 37.5 Å². The summed E-state index contributed by atoms with van der Waals surface area (Å²) >= 11 is 0. The summed E-state index contributed by atoms with van der Waals surface area (Å²) in [5.74, 6) is 1.21. The Hall–Kier alpha value is -3.79. The minimum absolute atomic E-state index is 0.0740. The number of hydrogen-bond acceptors (Lipinski definition) is 7. The predicted octanol–water partition coefficient (Wildman–Crippen LogP) is 2.81. The molecule has 0 aromatic heterocycles. The smallest absolute Gasteiger partial charge is 0.256 e. The summed E-state index contributed by atoms with van der Waals surface area (Å²) in [4.78, 5) is 46.1. The Labute approximate surface area is 228 Å². The lowest BCUT2D eigenvalue weighted by Gasteiger charge is -2.44. The Morgan fingerprint density at radius 3 is 2.03 bits per heavy atom. The van der Waals surface area contributed by atoms with E-state index >= 15 is 0 Å². The summed E-state index contributed by atoms with van der Waals surface area (Å²) in [6.07, 6.45) is 2.73. The van der Waals surface area contributed by atoms with Crippen LogP contribution in [0.4, 0.5) is 0 Å². The Morgan fingerprint density at radius 2 is 1.41 bits per heavy atom. The van der Waals surface area contributed by atoms with E-state index in [9.17, 15) is 14.4 Å². The van der Waals surface area contributed by atoms with Gasteiger partial charge in [0.25, 0.3) is 11.8 Å². The molecule has 3 saturated heterocycles. The number of ether oxygens (including phenoxy) is 4. The molecule has 3 aliphatic heterocycles. The van der Waals surface area contributed by atoms with E-state index in [1.54, 1.807) is 66.5 Å². The fraction of sp³-hybridized carbons (Fsp3) is 0.483. The van der Waals surface area contributed by atoms with Crippen LogP contribution in [0.1, 0.15) is 46.4 Å². The minimum atomic E-state index is -0.967. The Bertz CT molecular complexity index is 1220. The average Bonchev–Trinajstić information content (AvgIpc) is 3.65. The normalized spacial score (nSPS) is 20.3. The summed E-state index contributed by atoms with van der Waals surface area (Å²) in [5, 5.41) is 0. The van der Waals surface area contributed by atoms with Crippen LogP contribution in [0.3, 0.4) is 0 Å². The van der Waals surface area contributed by atoms with Gasteiger partial charge in [-0.15, -0.1) is 0 Å². The average molecular weight is 538 g/mol. The highest BCUT2D eigenvalue weighted by Crippen LogP contribution is 2.40. The van der Waals surface area contributed by atoms with E-state index in [0.29, 0.717) is 67.4 Å². The van der Waals surface area contributed by atoms with E-state index in [1.165, 1.54) is 7.11 Å². The molecule has 2 aromatic carbocycles. The van der Waals surface area contributed by atoms with Crippen LogP contribution in [0, 0.1) is 0 Å². The fourth-order valence-corrected chi connectivity index (χ4v) is 5.79. The molecule has 10 heteroatoms. The number of piperidine rings is 1. The zero-order valence-corrected chi connectivity index (χ0v) is 22.7. The molecule has 5 rings (SSSR count). The number of carbonyl (C=O) groups excluding carboxylic acids is 3. The number of amides is 3. The zero-order valence-electron chi connectivity index (χ0n) is 22.7. The molecule has 1 atom stereocenters. The summed E-state index contributed by atoms with van der Waals surface area (Å²) in [7, 11) is 4.65. The highest BCUT2D eigenvalue weighted by Gasteiger charge is 2.55. The van der Waals surface area contributed by atoms with Gasteiger partial charge in [-0.1, -0.05) is 0 Å². The largest absolute Gasteiger partial charge is 0.497 e. The van der Waals surface area contributed by atoms with Crippen LogP contribution >= 0.6 is 0 Å². The molecule has 39 heavy (non-hydrogen) atoms. The van der Waals surface area contributed by atoms with E-state index in [2.05, 4.69) is 0 Å². The molecule has 2 aromatic rings. The van der Waals surface area contributed by atoms with Gasteiger partial charge in [0, 0.05) is 50.1 Å². The molecule has 3 amide bonds. The topological polar surface area (TPSA) is 97.9 Å². The van der Waals surface area contributed by atoms with Gasteiger partial charge in [0.2, 0.25) is 5.91 Å². The number of hydrogen-bond donors (Lipinski definition) is 0. The van der Waals surface area contributed by atoms with Crippen LogP contribution in [0.5, 0.6) is 17.2 Å². The monoisotopic (exact) mass is 537 g/mol. The molecule has 10 nitrogen and oxygen atoms in total. The van der Waals surface area contributed by atoms with Gasteiger partial charge in [-0.2, -0.15) is 0 Å². The molecule has 3 heterocycles. The van der Waals surface area contributed by atoms with Gasteiger partial charge in [-0.3, -0.25) is 19.3 Å². The molecule has 0 aliphatic carbocycles. The standard InChI is InChI=1S/C29H35N3O7/c1-36-22-9-6-20(7-10-22)27(34)32-23(28(35)30-14-4-5-15-30)19-39-29(32)12-16-31(17-13-29)26(33)21-8-11-24(37-2)25(18-21)38-3/h6-11,18,23H,4-5,12-17,19H2,1-3H3/t23-/m0/s1. The van der Waals surface area contributed by atoms with Gasteiger partial charge in [-0.05, 0) is 55.3 Å². The van der Waals surface area contributed by atoms with Crippen LogP contribution < -0.4 is 14.2 Å². The maximum absolute atomic E-state index is 13.9. The fourth-order valence-electron chi connectivity index (χ4n) is 5.79. The van der Waals surface area contributed by atoms with Gasteiger partial charge in [0.05, 0.1) is 27.9 Å². The summed E-state index contributed by atoms with van der Waals surface area (Å²) in [5.41, 5.74) is -0.0150. The van der Waals surface area contributed by atoms with Crippen molar-refractivity contribution in [1.29, 1.82) is 0 Å². The second kappa shape index (κ2) is 11.1. The third-order valence-electron chi connectivity index (χ3n) is 7.98. The lowest BCUT2D eigenvalue weighted by atomic mass is 9.96. The van der Waals surface area contributed by atoms with Crippen LogP contribution in [0.25, 0.3) is 0 Å². The molecule has 0 saturated carbocycles. The van der Waals surface area contributed by atoms with Crippen LogP contribution in [-0.4, -0.2) is 98.3 Å². The van der Waals surface area contributed by atoms with Crippen LogP contribution in [-0.2, 0) is 9.53 Å². The molecule has 0 bridgehead atoms. The van der Waals surface area contributed by atoms with Crippen molar-refractivity contribution in [2.24, 2.45) is 0 Å². The van der Waals surface area contributed by atoms with E-state index < -0.39 is 11.8 Å². The highest BCUT2D eigenvalue weighted by molar-refractivity contribution is 5.99. The molecular weight excluding hydrogens is 502 g/mol. The molecular formula is C29H35N3O7. The summed E-state index contributed by atoms with van der Waals surface area (Å²) in [6.45, 7) is 2.29. The molecule has 3 fully saturated rings. The lowest BCUT2D eigenvalue weighted by Crippen LogP contribution is -2.60. The lowest BCUT2D eigenvalue weighted by molar-refractivity contribution is -0.136. The Morgan fingerprint density at radius 1 is 0.769 bits per heavy atom. The minimum Gasteiger partial charge on any atom is -0.497 e. The van der Waals surface area contributed by atoms with Crippen molar-refractivity contribution >= 4 is 17.7 Å². The third-order valence-corrected chi connectivity index (χ3v) is 7.98. The molecule has 1 spiro atoms. The van der Waals surface area contributed by atoms with Gasteiger partial charge < -0.3 is 28.7 Å². The van der Waals surface area contributed by atoms with Gasteiger partial charge in [-0.25, -0.2) is 0 Å². The first-order valence-corrected chi connectivity index (χ1v) is 13.3. The van der Waals surface area contributed by atoms with Crippen molar-refractivity contribution in [2.75, 3.05) is 54.1 Å². The predicted molar refractivity (Wildman–Crippen MR) is 142 cm³/mol. The third kappa shape index (κ3) is 5.01. The first-order valence-electron chi connectivity index (χ1n) is 13.3. The highest BCUT2D eigenvalue weighted by atomic mass is 16.5. The number of benzene rings is 2. The van der Waals surface area contributed by atoms with Crippen molar-refractivity contribution in [1.82, 2.24) is 14.7 Å². The number of methoxy groups -OCH3 is 3. The maximum atomic E-state index is 13.9. The van der Waals surface area contributed by atoms with E-state index in [-0.39, 0.29) is 24.3 Å². The van der Waals surface area contributed by atoms with E-state index in [1.807, 2.05) is 4.90 Å². The van der Waals surface area contributed by atoms with Crippen molar-refractivity contribution in [3.8, 4) is 17.2 Å². The van der Waals surface area contributed by atoms with Gasteiger partial charge >= 0.3 is 0 Å². The molecule has 208 valence electrons.